The molecule has 0 saturated heterocycles. The van der Waals surface area contributed by atoms with Crippen LogP contribution in [-0.4, -0.2) is 0 Å². The molecular formula is C44H31O7P3. The summed E-state index contributed by atoms with van der Waals surface area (Å²) < 4.78 is 71.8. The van der Waals surface area contributed by atoms with Crippen molar-refractivity contribution in [1.82, 2.24) is 0 Å². The zero-order valence-corrected chi connectivity index (χ0v) is 31.4. The van der Waals surface area contributed by atoms with Crippen molar-refractivity contribution < 1.29 is 31.8 Å². The molecule has 10 rings (SSSR count). The number of para-hydroxylation sites is 4. The molecular weight excluding hydrogens is 733 g/mol. The van der Waals surface area contributed by atoms with Crippen molar-refractivity contribution in [2.24, 2.45) is 0 Å². The Morgan fingerprint density at radius 1 is 0.370 bits per heavy atom. The largest absolute Gasteiger partial charge is 0.463 e. The number of hydrogen-bond donors (Lipinski definition) is 0. The van der Waals surface area contributed by atoms with E-state index in [2.05, 4.69) is 0 Å². The van der Waals surface area contributed by atoms with Crippen molar-refractivity contribution in [1.29, 1.82) is 0 Å². The van der Waals surface area contributed by atoms with E-state index in [4.69, 9.17) is 18.1 Å². The Bertz CT molecular complexity index is 2680. The minimum absolute atomic E-state index is 0.0929. The highest BCUT2D eigenvalue weighted by molar-refractivity contribution is 7.67. The van der Waals surface area contributed by atoms with E-state index >= 15 is 13.7 Å². The molecule has 7 nitrogen and oxygen atoms in total. The molecule has 10 heteroatoms. The Labute approximate surface area is 312 Å². The first-order chi connectivity index (χ1) is 26.3. The molecule has 3 unspecified atom stereocenters. The summed E-state index contributed by atoms with van der Waals surface area (Å²) in [5, 5.41) is 1.55. The predicted octanol–water partition coefficient (Wildman–Crippen LogP) is 11.0. The Hall–Kier alpha value is -5.57. The Balaban J connectivity index is 1.14. The second kappa shape index (κ2) is 12.5. The summed E-state index contributed by atoms with van der Waals surface area (Å²) in [6, 6.07) is 50.3. The third-order valence-electron chi connectivity index (χ3n) is 10.1. The highest BCUT2D eigenvalue weighted by Crippen LogP contribution is 2.62. The second-order valence-corrected chi connectivity index (χ2v) is 20.0. The van der Waals surface area contributed by atoms with Crippen LogP contribution in [0.15, 0.2) is 164 Å². The minimum Gasteiger partial charge on any atom is -0.439 e. The summed E-state index contributed by atoms with van der Waals surface area (Å²) >= 11 is 0. The lowest BCUT2D eigenvalue weighted by molar-refractivity contribution is 0.394. The van der Waals surface area contributed by atoms with Gasteiger partial charge in [0.15, 0.2) is 0 Å². The fourth-order valence-corrected chi connectivity index (χ4v) is 14.4. The van der Waals surface area contributed by atoms with Crippen LogP contribution in [0.1, 0.15) is 11.1 Å². The van der Waals surface area contributed by atoms with Crippen LogP contribution >= 0.6 is 22.3 Å². The molecule has 3 aliphatic rings. The van der Waals surface area contributed by atoms with Crippen LogP contribution in [0.4, 0.5) is 0 Å². The smallest absolute Gasteiger partial charge is 0.439 e. The van der Waals surface area contributed by atoms with Crippen LogP contribution in [0.2, 0.25) is 0 Å². The fourth-order valence-electron chi connectivity index (χ4n) is 7.71. The SMILES string of the molecule is O=P1(Cc2cccc(CP3(=O)Oc4ccccc4-c4ccccc43)c2OP2(=O)Oc3ccccc3-c3ccccc32)Oc2ccccc2-c2ccccc21. The maximum atomic E-state index is 15.3. The first-order valence-corrected chi connectivity index (χ1v) is 22.7. The zero-order chi connectivity index (χ0) is 36.5. The van der Waals surface area contributed by atoms with Gasteiger partial charge in [-0.1, -0.05) is 127 Å². The highest BCUT2D eigenvalue weighted by atomic mass is 31.2. The van der Waals surface area contributed by atoms with Crippen LogP contribution in [0.5, 0.6) is 23.0 Å². The topological polar surface area (TPSA) is 88.1 Å². The zero-order valence-electron chi connectivity index (χ0n) is 28.7. The molecule has 264 valence electrons. The van der Waals surface area contributed by atoms with Gasteiger partial charge in [-0.2, -0.15) is 0 Å². The van der Waals surface area contributed by atoms with E-state index in [9.17, 15) is 0 Å². The molecule has 3 aliphatic heterocycles. The van der Waals surface area contributed by atoms with Gasteiger partial charge in [0.1, 0.15) is 23.0 Å². The van der Waals surface area contributed by atoms with Crippen molar-refractivity contribution in [3.05, 3.63) is 175 Å². The van der Waals surface area contributed by atoms with Crippen molar-refractivity contribution in [3.8, 4) is 56.4 Å². The monoisotopic (exact) mass is 764 g/mol. The molecule has 0 spiro atoms. The predicted molar refractivity (Wildman–Crippen MR) is 214 cm³/mol. The fraction of sp³-hybridized carbons (Fsp3) is 0.0455. The van der Waals surface area contributed by atoms with E-state index in [1.807, 2.05) is 133 Å². The lowest BCUT2D eigenvalue weighted by Crippen LogP contribution is -2.23. The van der Waals surface area contributed by atoms with Crippen molar-refractivity contribution in [2.75, 3.05) is 0 Å². The molecule has 0 aromatic heterocycles. The van der Waals surface area contributed by atoms with E-state index in [1.54, 1.807) is 30.3 Å². The summed E-state index contributed by atoms with van der Waals surface area (Å²) in [5.41, 5.74) is 5.82. The summed E-state index contributed by atoms with van der Waals surface area (Å²) in [5.74, 6) is 1.62. The average molecular weight is 765 g/mol. The van der Waals surface area contributed by atoms with E-state index in [1.165, 1.54) is 0 Å². The normalized spacial score (nSPS) is 21.3. The molecule has 0 aliphatic carbocycles. The van der Waals surface area contributed by atoms with E-state index in [0.717, 1.165) is 33.4 Å². The van der Waals surface area contributed by atoms with Gasteiger partial charge in [-0.05, 0) is 47.5 Å². The summed E-state index contributed by atoms with van der Waals surface area (Å²) in [6.07, 6.45) is -0.186. The van der Waals surface area contributed by atoms with Crippen LogP contribution in [0, 0.1) is 0 Å². The van der Waals surface area contributed by atoms with Gasteiger partial charge in [-0.25, -0.2) is 4.57 Å². The second-order valence-electron chi connectivity index (χ2n) is 13.5. The van der Waals surface area contributed by atoms with E-state index in [0.29, 0.717) is 44.3 Å². The van der Waals surface area contributed by atoms with Gasteiger partial charge >= 0.3 is 7.60 Å². The summed E-state index contributed by atoms with van der Waals surface area (Å²) in [4.78, 5) is 0. The van der Waals surface area contributed by atoms with E-state index < -0.39 is 22.3 Å². The molecule has 0 N–H and O–H groups in total. The molecule has 54 heavy (non-hydrogen) atoms. The number of hydrogen-bond acceptors (Lipinski definition) is 7. The summed E-state index contributed by atoms with van der Waals surface area (Å²) in [7, 11) is -11.5. The number of fused-ring (bicyclic) bond motifs is 9. The molecule has 0 bridgehead atoms. The molecule has 3 heterocycles. The van der Waals surface area contributed by atoms with Gasteiger partial charge < -0.3 is 18.1 Å². The quantitative estimate of drug-likeness (QED) is 0.156. The third-order valence-corrected chi connectivity index (χ3v) is 16.7. The van der Waals surface area contributed by atoms with Gasteiger partial charge in [0.2, 0.25) is 0 Å². The Kier molecular flexibility index (Phi) is 7.65. The standard InChI is InChI=1S/C44H31O7P3/c45-52(41-25-10-4-19-35(41)32-16-1-7-22-38(32)48-52)28-30-14-13-15-31(29-53(46)42-26-11-5-20-36(42)33-17-2-8-23-39(33)49-53)44(30)51-54(47)43-27-12-6-21-37(43)34-18-3-9-24-40(34)50-54/h1-27H,28-29H2. The molecule has 3 atom stereocenters. The number of benzene rings is 7. The lowest BCUT2D eigenvalue weighted by Gasteiger charge is -2.32. The van der Waals surface area contributed by atoms with Gasteiger partial charge in [-0.3, -0.25) is 9.13 Å². The minimum atomic E-state index is -4.16. The molecule has 0 radical (unpaired) electrons. The molecule has 0 amide bonds. The van der Waals surface area contributed by atoms with Crippen molar-refractivity contribution in [2.45, 2.75) is 12.3 Å². The molecule has 7 aromatic rings. The van der Waals surface area contributed by atoms with Crippen LogP contribution in [0.3, 0.4) is 0 Å². The summed E-state index contributed by atoms with van der Waals surface area (Å²) in [6.45, 7) is 0. The molecule has 0 fully saturated rings. The lowest BCUT2D eigenvalue weighted by atomic mass is 10.0. The highest BCUT2D eigenvalue weighted by Gasteiger charge is 2.44. The van der Waals surface area contributed by atoms with Gasteiger partial charge in [-0.15, -0.1) is 0 Å². The van der Waals surface area contributed by atoms with Gasteiger partial charge in [0, 0.05) is 33.4 Å². The number of rotatable bonds is 6. The maximum absolute atomic E-state index is 15.3. The average Bonchev–Trinajstić information content (AvgIpc) is 3.19. The van der Waals surface area contributed by atoms with E-state index in [-0.39, 0.29) is 18.1 Å². The van der Waals surface area contributed by atoms with Crippen LogP contribution < -0.4 is 34.0 Å². The van der Waals surface area contributed by atoms with Crippen molar-refractivity contribution in [3.63, 3.8) is 0 Å². The molecule has 7 aromatic carbocycles. The van der Waals surface area contributed by atoms with Gasteiger partial charge in [0.05, 0.1) is 28.2 Å². The maximum Gasteiger partial charge on any atom is 0.463 e. The van der Waals surface area contributed by atoms with Crippen LogP contribution in [0.25, 0.3) is 33.4 Å². The van der Waals surface area contributed by atoms with Gasteiger partial charge in [0.25, 0.3) is 14.7 Å². The van der Waals surface area contributed by atoms with Crippen molar-refractivity contribution >= 4 is 38.2 Å². The Morgan fingerprint density at radius 3 is 1.19 bits per heavy atom. The first kappa shape index (κ1) is 33.0. The van der Waals surface area contributed by atoms with Crippen LogP contribution in [-0.2, 0) is 26.0 Å². The Morgan fingerprint density at radius 2 is 0.722 bits per heavy atom. The molecule has 0 saturated carbocycles. The third kappa shape index (κ3) is 5.30. The first-order valence-electron chi connectivity index (χ1n) is 17.6.